The van der Waals surface area contributed by atoms with Crippen molar-refractivity contribution < 1.29 is 9.59 Å². The lowest BCUT2D eigenvalue weighted by Crippen LogP contribution is -2.33. The maximum Gasteiger partial charge on any atom is 0.252 e. The van der Waals surface area contributed by atoms with E-state index in [4.69, 9.17) is 0 Å². The molecule has 1 aromatic carbocycles. The van der Waals surface area contributed by atoms with Crippen LogP contribution in [0.15, 0.2) is 24.3 Å². The van der Waals surface area contributed by atoms with Gasteiger partial charge >= 0.3 is 0 Å². The third-order valence-corrected chi connectivity index (χ3v) is 2.30. The summed E-state index contributed by atoms with van der Waals surface area (Å²) in [6.45, 7) is 0. The second kappa shape index (κ2) is 3.14. The number of nitrogens with one attached hydrogen (secondary N) is 2. The Labute approximate surface area is 81.3 Å². The van der Waals surface area contributed by atoms with E-state index in [1.807, 2.05) is 6.07 Å². The highest BCUT2D eigenvalue weighted by Crippen LogP contribution is 2.24. The van der Waals surface area contributed by atoms with Crippen molar-refractivity contribution in [2.45, 2.75) is 6.04 Å². The summed E-state index contributed by atoms with van der Waals surface area (Å²) in [5.74, 6) is -0.377. The van der Waals surface area contributed by atoms with Gasteiger partial charge in [0.25, 0.3) is 5.91 Å². The predicted molar refractivity (Wildman–Crippen MR) is 50.7 cm³/mol. The van der Waals surface area contributed by atoms with Gasteiger partial charge in [-0.15, -0.1) is 0 Å². The fourth-order valence-corrected chi connectivity index (χ4v) is 1.59. The molecule has 0 aromatic heterocycles. The normalized spacial score (nSPS) is 18.6. The minimum atomic E-state index is -0.538. The minimum Gasteiger partial charge on any atom is -0.357 e. The van der Waals surface area contributed by atoms with Gasteiger partial charge in [0.1, 0.15) is 6.04 Å². The van der Waals surface area contributed by atoms with Crippen LogP contribution >= 0.6 is 0 Å². The van der Waals surface area contributed by atoms with Gasteiger partial charge in [0.2, 0.25) is 5.91 Å². The average Bonchev–Trinajstić information content (AvgIpc) is 2.56. The van der Waals surface area contributed by atoms with E-state index in [1.165, 1.54) is 0 Å². The van der Waals surface area contributed by atoms with Crippen molar-refractivity contribution in [3.8, 4) is 0 Å². The molecule has 0 saturated carbocycles. The van der Waals surface area contributed by atoms with Gasteiger partial charge < -0.3 is 10.6 Å². The van der Waals surface area contributed by atoms with Crippen molar-refractivity contribution in [1.82, 2.24) is 10.6 Å². The number of hydrogen-bond acceptors (Lipinski definition) is 2. The van der Waals surface area contributed by atoms with Crippen molar-refractivity contribution in [2.24, 2.45) is 0 Å². The van der Waals surface area contributed by atoms with Crippen molar-refractivity contribution in [3.05, 3.63) is 35.4 Å². The highest BCUT2D eigenvalue weighted by Gasteiger charge is 2.32. The number of fused-ring (bicyclic) bond motifs is 1. The van der Waals surface area contributed by atoms with E-state index in [9.17, 15) is 9.59 Å². The number of likely N-dealkylation sites (N-methyl/N-ethyl adjacent to an activating group) is 1. The lowest BCUT2D eigenvalue weighted by atomic mass is 10.0. The van der Waals surface area contributed by atoms with Gasteiger partial charge in [-0.05, 0) is 11.6 Å². The number of rotatable bonds is 1. The zero-order chi connectivity index (χ0) is 10.1. The van der Waals surface area contributed by atoms with Gasteiger partial charge in [-0.1, -0.05) is 18.2 Å². The molecule has 1 unspecified atom stereocenters. The lowest BCUT2D eigenvalue weighted by molar-refractivity contribution is -0.122. The largest absolute Gasteiger partial charge is 0.357 e. The summed E-state index contributed by atoms with van der Waals surface area (Å²) in [4.78, 5) is 22.8. The van der Waals surface area contributed by atoms with E-state index >= 15 is 0 Å². The second-order valence-corrected chi connectivity index (χ2v) is 3.11. The SMILES string of the molecule is CNC(=O)C1NC(=O)c2ccccc21. The van der Waals surface area contributed by atoms with Gasteiger partial charge in [-0.2, -0.15) is 0 Å². The van der Waals surface area contributed by atoms with Crippen LogP contribution in [-0.4, -0.2) is 18.9 Å². The molecule has 1 atom stereocenters. The molecule has 0 radical (unpaired) electrons. The summed E-state index contributed by atoms with van der Waals surface area (Å²) in [7, 11) is 1.55. The fourth-order valence-electron chi connectivity index (χ4n) is 1.59. The molecule has 0 saturated heterocycles. The second-order valence-electron chi connectivity index (χ2n) is 3.11. The molecule has 1 heterocycles. The van der Waals surface area contributed by atoms with Crippen molar-refractivity contribution in [2.75, 3.05) is 7.05 Å². The summed E-state index contributed by atoms with van der Waals surface area (Å²) in [6.07, 6.45) is 0. The van der Waals surface area contributed by atoms with Gasteiger partial charge in [0, 0.05) is 12.6 Å². The Balaban J connectivity index is 2.44. The van der Waals surface area contributed by atoms with Crippen molar-refractivity contribution in [3.63, 3.8) is 0 Å². The molecular formula is C10H10N2O2. The first kappa shape index (κ1) is 8.74. The third-order valence-electron chi connectivity index (χ3n) is 2.30. The van der Waals surface area contributed by atoms with E-state index in [-0.39, 0.29) is 11.8 Å². The van der Waals surface area contributed by atoms with Gasteiger partial charge in [-0.25, -0.2) is 0 Å². The third kappa shape index (κ3) is 1.16. The van der Waals surface area contributed by atoms with Crippen LogP contribution in [0.4, 0.5) is 0 Å². The molecule has 2 N–H and O–H groups in total. The lowest BCUT2D eigenvalue weighted by Gasteiger charge is -2.08. The summed E-state index contributed by atoms with van der Waals surface area (Å²) >= 11 is 0. The van der Waals surface area contributed by atoms with Crippen molar-refractivity contribution >= 4 is 11.8 Å². The Morgan fingerprint density at radius 2 is 2.14 bits per heavy atom. The maximum atomic E-state index is 11.4. The summed E-state index contributed by atoms with van der Waals surface area (Å²) < 4.78 is 0. The number of hydrogen-bond donors (Lipinski definition) is 2. The maximum absolute atomic E-state index is 11.4. The summed E-state index contributed by atoms with van der Waals surface area (Å²) in [5, 5.41) is 5.13. The van der Waals surface area contributed by atoms with E-state index in [2.05, 4.69) is 10.6 Å². The van der Waals surface area contributed by atoms with Crippen LogP contribution in [0.5, 0.6) is 0 Å². The Morgan fingerprint density at radius 1 is 1.43 bits per heavy atom. The molecule has 2 amide bonds. The molecule has 0 spiro atoms. The minimum absolute atomic E-state index is 0.186. The molecule has 0 aliphatic carbocycles. The first-order valence-electron chi connectivity index (χ1n) is 4.35. The fraction of sp³-hybridized carbons (Fsp3) is 0.200. The van der Waals surface area contributed by atoms with Gasteiger partial charge in [-0.3, -0.25) is 9.59 Å². The van der Waals surface area contributed by atoms with E-state index < -0.39 is 6.04 Å². The number of amides is 2. The van der Waals surface area contributed by atoms with E-state index in [0.29, 0.717) is 5.56 Å². The summed E-state index contributed by atoms with van der Waals surface area (Å²) in [5.41, 5.74) is 1.33. The van der Waals surface area contributed by atoms with Crippen LogP contribution in [0.2, 0.25) is 0 Å². The molecule has 2 rings (SSSR count). The monoisotopic (exact) mass is 190 g/mol. The van der Waals surface area contributed by atoms with Crippen LogP contribution in [0.3, 0.4) is 0 Å². The highest BCUT2D eigenvalue weighted by atomic mass is 16.2. The predicted octanol–water partition coefficient (Wildman–Crippen LogP) is 0.217. The Bertz CT molecular complexity index is 401. The molecule has 0 bridgehead atoms. The molecule has 4 nitrogen and oxygen atoms in total. The molecule has 72 valence electrons. The highest BCUT2D eigenvalue weighted by molar-refractivity contribution is 6.04. The van der Waals surface area contributed by atoms with Gasteiger partial charge in [0.05, 0.1) is 0 Å². The van der Waals surface area contributed by atoms with Crippen LogP contribution in [0, 0.1) is 0 Å². The van der Waals surface area contributed by atoms with Crippen LogP contribution in [0.25, 0.3) is 0 Å². The first-order chi connectivity index (χ1) is 6.74. The quantitative estimate of drug-likeness (QED) is 0.665. The van der Waals surface area contributed by atoms with Crippen LogP contribution in [-0.2, 0) is 4.79 Å². The topological polar surface area (TPSA) is 58.2 Å². The zero-order valence-electron chi connectivity index (χ0n) is 7.70. The number of carbonyl (C=O) groups excluding carboxylic acids is 2. The first-order valence-corrected chi connectivity index (χ1v) is 4.35. The summed E-state index contributed by atoms with van der Waals surface area (Å²) in [6, 6.07) is 6.56. The average molecular weight is 190 g/mol. The molecule has 0 fully saturated rings. The molecule has 14 heavy (non-hydrogen) atoms. The Hall–Kier alpha value is -1.84. The van der Waals surface area contributed by atoms with Crippen molar-refractivity contribution in [1.29, 1.82) is 0 Å². The standard InChI is InChI=1S/C10H10N2O2/c1-11-10(14)8-6-4-2-3-5-7(6)9(13)12-8/h2-5,8H,1H3,(H,11,14)(H,12,13). The van der Waals surface area contributed by atoms with Gasteiger partial charge in [0.15, 0.2) is 0 Å². The molecule has 4 heteroatoms. The van der Waals surface area contributed by atoms with Crippen LogP contribution in [0.1, 0.15) is 22.0 Å². The van der Waals surface area contributed by atoms with Crippen LogP contribution < -0.4 is 10.6 Å². The molecule has 1 aliphatic rings. The Morgan fingerprint density at radius 3 is 2.86 bits per heavy atom. The molecule has 1 aliphatic heterocycles. The molecular weight excluding hydrogens is 180 g/mol. The van der Waals surface area contributed by atoms with E-state index in [0.717, 1.165) is 5.56 Å². The number of benzene rings is 1. The number of carbonyl (C=O) groups is 2. The smallest absolute Gasteiger partial charge is 0.252 e. The zero-order valence-corrected chi connectivity index (χ0v) is 7.70. The Kier molecular flexibility index (Phi) is 1.96. The molecule has 1 aromatic rings. The van der Waals surface area contributed by atoms with E-state index in [1.54, 1.807) is 25.2 Å².